The first-order valence-corrected chi connectivity index (χ1v) is 7.43. The second kappa shape index (κ2) is 7.64. The number of carbonyl (C=O) groups is 2. The highest BCUT2D eigenvalue weighted by atomic mass is 79.9. The molecule has 0 radical (unpaired) electrons. The number of benzene rings is 2. The largest absolute Gasteiger partial charge is 0.496 e. The van der Waals surface area contributed by atoms with E-state index < -0.39 is 11.8 Å². The molecule has 0 fully saturated rings. The maximum absolute atomic E-state index is 12.2. The second-order valence-corrected chi connectivity index (χ2v) is 5.37. The van der Waals surface area contributed by atoms with Crippen LogP contribution in [0, 0.1) is 0 Å². The van der Waals surface area contributed by atoms with E-state index in [0.29, 0.717) is 22.6 Å². The Morgan fingerprint density at radius 2 is 1.43 bits per heavy atom. The lowest BCUT2D eigenvalue weighted by Crippen LogP contribution is -2.41. The molecule has 0 aromatic heterocycles. The molecule has 2 N–H and O–H groups in total. The smallest absolute Gasteiger partial charge is 0.273 e. The topological polar surface area (TPSA) is 76.7 Å². The van der Waals surface area contributed by atoms with E-state index in [2.05, 4.69) is 26.8 Å². The summed E-state index contributed by atoms with van der Waals surface area (Å²) in [6.07, 6.45) is 0. The summed E-state index contributed by atoms with van der Waals surface area (Å²) >= 11 is 3.29. The number of rotatable bonds is 4. The minimum Gasteiger partial charge on any atom is -0.496 e. The van der Waals surface area contributed by atoms with E-state index in [-0.39, 0.29) is 0 Å². The number of nitrogens with one attached hydrogen (secondary N) is 2. The van der Waals surface area contributed by atoms with Gasteiger partial charge in [0, 0.05) is 4.47 Å². The first-order chi connectivity index (χ1) is 11.1. The summed E-state index contributed by atoms with van der Waals surface area (Å²) in [4.78, 5) is 24.3. The molecule has 120 valence electrons. The van der Waals surface area contributed by atoms with Crippen LogP contribution in [0.2, 0.25) is 0 Å². The summed E-state index contributed by atoms with van der Waals surface area (Å²) in [5.41, 5.74) is 5.32. The molecule has 0 saturated heterocycles. The number of halogens is 1. The zero-order valence-corrected chi connectivity index (χ0v) is 14.1. The monoisotopic (exact) mass is 378 g/mol. The standard InChI is InChI=1S/C16H15BrN2O4/c1-22-13-6-4-3-5-11(13)15(20)18-19-16(21)12-9-10(17)7-8-14(12)23-2/h3-9H,1-2H3,(H,18,20)(H,19,21). The van der Waals surface area contributed by atoms with Crippen LogP contribution in [-0.4, -0.2) is 26.0 Å². The highest BCUT2D eigenvalue weighted by Gasteiger charge is 2.16. The lowest BCUT2D eigenvalue weighted by Gasteiger charge is -2.12. The zero-order valence-electron chi connectivity index (χ0n) is 12.6. The molecular weight excluding hydrogens is 364 g/mol. The van der Waals surface area contributed by atoms with Crippen molar-refractivity contribution in [3.63, 3.8) is 0 Å². The number of para-hydroxylation sites is 1. The van der Waals surface area contributed by atoms with E-state index in [1.807, 2.05) is 0 Å². The van der Waals surface area contributed by atoms with Crippen LogP contribution < -0.4 is 20.3 Å². The summed E-state index contributed by atoms with van der Waals surface area (Å²) in [6, 6.07) is 11.7. The van der Waals surface area contributed by atoms with Gasteiger partial charge in [-0.25, -0.2) is 0 Å². The fourth-order valence-corrected chi connectivity index (χ4v) is 2.30. The number of carbonyl (C=O) groups excluding carboxylic acids is 2. The van der Waals surface area contributed by atoms with E-state index >= 15 is 0 Å². The van der Waals surface area contributed by atoms with Crippen molar-refractivity contribution in [1.29, 1.82) is 0 Å². The Morgan fingerprint density at radius 1 is 0.870 bits per heavy atom. The highest BCUT2D eigenvalue weighted by Crippen LogP contribution is 2.22. The van der Waals surface area contributed by atoms with Gasteiger partial charge in [-0.15, -0.1) is 0 Å². The first kappa shape index (κ1) is 16.8. The average molecular weight is 379 g/mol. The SMILES string of the molecule is COc1ccccc1C(=O)NNC(=O)c1cc(Br)ccc1OC. The number of methoxy groups -OCH3 is 2. The summed E-state index contributed by atoms with van der Waals surface area (Å²) in [7, 11) is 2.94. The minimum atomic E-state index is -0.494. The van der Waals surface area contributed by atoms with E-state index in [4.69, 9.17) is 9.47 Å². The van der Waals surface area contributed by atoms with Gasteiger partial charge in [0.15, 0.2) is 0 Å². The molecule has 2 aromatic rings. The quantitative estimate of drug-likeness (QED) is 0.801. The van der Waals surface area contributed by atoms with E-state index in [0.717, 1.165) is 4.47 Å². The number of hydrazine groups is 1. The van der Waals surface area contributed by atoms with Gasteiger partial charge in [0.1, 0.15) is 11.5 Å². The highest BCUT2D eigenvalue weighted by molar-refractivity contribution is 9.10. The van der Waals surface area contributed by atoms with Crippen LogP contribution in [0.1, 0.15) is 20.7 Å². The van der Waals surface area contributed by atoms with Crippen LogP contribution in [0.25, 0.3) is 0 Å². The molecular formula is C16H15BrN2O4. The van der Waals surface area contributed by atoms with Gasteiger partial charge in [-0.2, -0.15) is 0 Å². The van der Waals surface area contributed by atoms with Crippen molar-refractivity contribution in [2.45, 2.75) is 0 Å². The molecule has 0 aliphatic rings. The van der Waals surface area contributed by atoms with Gasteiger partial charge in [-0.1, -0.05) is 28.1 Å². The van der Waals surface area contributed by atoms with Crippen LogP contribution in [0.4, 0.5) is 0 Å². The molecule has 2 amide bonds. The van der Waals surface area contributed by atoms with Crippen molar-refractivity contribution in [2.75, 3.05) is 14.2 Å². The Labute approximate surface area is 141 Å². The van der Waals surface area contributed by atoms with Crippen molar-refractivity contribution in [3.05, 3.63) is 58.1 Å². The average Bonchev–Trinajstić information content (AvgIpc) is 2.59. The normalized spacial score (nSPS) is 9.87. The van der Waals surface area contributed by atoms with Crippen LogP contribution >= 0.6 is 15.9 Å². The molecule has 7 heteroatoms. The summed E-state index contributed by atoms with van der Waals surface area (Å²) in [6.45, 7) is 0. The summed E-state index contributed by atoms with van der Waals surface area (Å²) in [5.74, 6) is -0.160. The summed E-state index contributed by atoms with van der Waals surface area (Å²) < 4.78 is 11.0. The van der Waals surface area contributed by atoms with E-state index in [1.54, 1.807) is 42.5 Å². The molecule has 0 unspecified atom stereocenters. The van der Waals surface area contributed by atoms with Crippen molar-refractivity contribution >= 4 is 27.7 Å². The van der Waals surface area contributed by atoms with Crippen LogP contribution in [0.3, 0.4) is 0 Å². The molecule has 0 bridgehead atoms. The second-order valence-electron chi connectivity index (χ2n) is 4.45. The van der Waals surface area contributed by atoms with Crippen molar-refractivity contribution in [2.24, 2.45) is 0 Å². The molecule has 6 nitrogen and oxygen atoms in total. The molecule has 2 aromatic carbocycles. The molecule has 2 rings (SSSR count). The Hall–Kier alpha value is -2.54. The minimum absolute atomic E-state index is 0.294. The van der Waals surface area contributed by atoms with Crippen molar-refractivity contribution < 1.29 is 19.1 Å². The number of ether oxygens (including phenoxy) is 2. The van der Waals surface area contributed by atoms with Crippen molar-refractivity contribution in [1.82, 2.24) is 10.9 Å². The van der Waals surface area contributed by atoms with Crippen LogP contribution in [0.5, 0.6) is 11.5 Å². The number of hydrogen-bond donors (Lipinski definition) is 2. The van der Waals surface area contributed by atoms with Crippen molar-refractivity contribution in [3.8, 4) is 11.5 Å². The third kappa shape index (κ3) is 4.01. The fraction of sp³-hybridized carbons (Fsp3) is 0.125. The molecule has 0 aliphatic carbocycles. The van der Waals surface area contributed by atoms with E-state index in [1.165, 1.54) is 14.2 Å². The maximum atomic E-state index is 12.2. The molecule has 0 atom stereocenters. The maximum Gasteiger partial charge on any atom is 0.273 e. The van der Waals surface area contributed by atoms with Crippen LogP contribution in [0.15, 0.2) is 46.9 Å². The Kier molecular flexibility index (Phi) is 5.59. The van der Waals surface area contributed by atoms with Gasteiger partial charge in [-0.05, 0) is 30.3 Å². The number of hydrogen-bond acceptors (Lipinski definition) is 4. The Morgan fingerprint density at radius 3 is 2.09 bits per heavy atom. The summed E-state index contributed by atoms with van der Waals surface area (Å²) in [5, 5.41) is 0. The van der Waals surface area contributed by atoms with Gasteiger partial charge < -0.3 is 9.47 Å². The van der Waals surface area contributed by atoms with E-state index in [9.17, 15) is 9.59 Å². The number of amides is 2. The molecule has 0 spiro atoms. The Balaban J connectivity index is 2.10. The molecule has 0 heterocycles. The van der Waals surface area contributed by atoms with Gasteiger partial charge in [0.25, 0.3) is 11.8 Å². The van der Waals surface area contributed by atoms with Gasteiger partial charge in [0.05, 0.1) is 25.3 Å². The lowest BCUT2D eigenvalue weighted by atomic mass is 10.2. The molecule has 0 aliphatic heterocycles. The predicted molar refractivity (Wildman–Crippen MR) is 88.6 cm³/mol. The molecule has 23 heavy (non-hydrogen) atoms. The van der Waals surface area contributed by atoms with Gasteiger partial charge in [-0.3, -0.25) is 20.4 Å². The molecule has 0 saturated carbocycles. The first-order valence-electron chi connectivity index (χ1n) is 6.64. The third-order valence-corrected chi connectivity index (χ3v) is 3.54. The fourth-order valence-electron chi connectivity index (χ4n) is 1.94. The lowest BCUT2D eigenvalue weighted by molar-refractivity contribution is 0.0843. The predicted octanol–water partition coefficient (Wildman–Crippen LogP) is 2.54. The van der Waals surface area contributed by atoms with Gasteiger partial charge in [0.2, 0.25) is 0 Å². The van der Waals surface area contributed by atoms with Gasteiger partial charge >= 0.3 is 0 Å². The third-order valence-electron chi connectivity index (χ3n) is 3.05. The van der Waals surface area contributed by atoms with Crippen LogP contribution in [-0.2, 0) is 0 Å². The Bertz CT molecular complexity index is 734. The zero-order chi connectivity index (χ0) is 16.8.